The lowest BCUT2D eigenvalue weighted by Gasteiger charge is -2.30. The summed E-state index contributed by atoms with van der Waals surface area (Å²) >= 11 is 4.32. The van der Waals surface area contributed by atoms with E-state index < -0.39 is 15.6 Å². The van der Waals surface area contributed by atoms with Crippen molar-refractivity contribution in [3.8, 4) is 0 Å². The van der Waals surface area contributed by atoms with Gasteiger partial charge in [0.25, 0.3) is 0 Å². The Morgan fingerprint density at radius 3 is 2.06 bits per heavy atom. The lowest BCUT2D eigenvalue weighted by Crippen LogP contribution is -2.37. The van der Waals surface area contributed by atoms with Gasteiger partial charge < -0.3 is 0 Å². The number of Topliss-reactive ketones (excluding diaryl/α,β-unsaturated/α-hetero) is 1. The van der Waals surface area contributed by atoms with Gasteiger partial charge in [-0.05, 0) is 19.8 Å². The molecule has 4 nitrogen and oxygen atoms in total. The number of rotatable bonds is 0. The van der Waals surface area contributed by atoms with Crippen LogP contribution in [-0.2, 0) is 14.9 Å². The van der Waals surface area contributed by atoms with E-state index in [0.29, 0.717) is 5.78 Å². The molecule has 0 heterocycles. The minimum Gasteiger partial charge on any atom is -0.298 e. The van der Waals surface area contributed by atoms with Crippen LogP contribution in [0, 0.1) is 5.92 Å². The molecule has 0 spiro atoms. The maximum Gasteiger partial charge on any atom is 0.522 e. The van der Waals surface area contributed by atoms with Crippen molar-refractivity contribution in [3.63, 3.8) is 0 Å². The minimum atomic E-state index is -5.84. The van der Waals surface area contributed by atoms with Crippen molar-refractivity contribution in [1.29, 1.82) is 0 Å². The molecule has 1 fully saturated rings. The quantitative estimate of drug-likeness (QED) is 0.410. The summed E-state index contributed by atoms with van der Waals surface area (Å²) in [6, 6.07) is 0. The first-order valence-electron chi connectivity index (χ1n) is 5.09. The van der Waals surface area contributed by atoms with Gasteiger partial charge in [0.1, 0.15) is 0 Å². The van der Waals surface area contributed by atoms with E-state index >= 15 is 0 Å². The summed E-state index contributed by atoms with van der Waals surface area (Å²) in [7, 11) is -5.84. The van der Waals surface area contributed by atoms with Crippen LogP contribution in [-0.4, -0.2) is 29.0 Å². The van der Waals surface area contributed by atoms with E-state index in [2.05, 4.69) is 12.6 Å². The molecule has 0 aromatic heterocycles. The topological polar surface area (TPSA) is 71.4 Å². The second-order valence-corrected chi connectivity index (χ2v) is 6.75. The van der Waals surface area contributed by atoms with Gasteiger partial charge in [-0.25, -0.2) is 0 Å². The summed E-state index contributed by atoms with van der Waals surface area (Å²) in [6.45, 7) is 3.92. The largest absolute Gasteiger partial charge is 0.522 e. The summed E-state index contributed by atoms with van der Waals surface area (Å²) in [6.07, 6.45) is 3.14. The van der Waals surface area contributed by atoms with Crippen molar-refractivity contribution in [1.82, 2.24) is 0 Å². The molecule has 0 bridgehead atoms. The molecule has 0 radical (unpaired) electrons. The molecule has 1 N–H and O–H groups in total. The number of alkyl halides is 3. The molecule has 1 rings (SSSR count). The smallest absolute Gasteiger partial charge is 0.298 e. The van der Waals surface area contributed by atoms with Crippen LogP contribution in [0.3, 0.4) is 0 Å². The zero-order valence-corrected chi connectivity index (χ0v) is 11.6. The van der Waals surface area contributed by atoms with Crippen LogP contribution in [0.25, 0.3) is 0 Å². The molecule has 0 saturated heterocycles. The average molecular weight is 308 g/mol. The third kappa shape index (κ3) is 5.15. The Morgan fingerprint density at radius 2 is 1.83 bits per heavy atom. The van der Waals surface area contributed by atoms with Crippen LogP contribution < -0.4 is 0 Å². The molecule has 1 aliphatic rings. The van der Waals surface area contributed by atoms with Gasteiger partial charge in [0.2, 0.25) is 0 Å². The van der Waals surface area contributed by atoms with E-state index in [9.17, 15) is 18.0 Å². The summed E-state index contributed by atoms with van der Waals surface area (Å²) in [5, 5.41) is 0. The summed E-state index contributed by atoms with van der Waals surface area (Å²) in [5.74, 6) is 0.554. The first kappa shape index (κ1) is 17.7. The van der Waals surface area contributed by atoms with Gasteiger partial charge in [-0.15, -0.1) is 0 Å². The van der Waals surface area contributed by atoms with Gasteiger partial charge in [-0.2, -0.15) is 34.2 Å². The van der Waals surface area contributed by atoms with Crippen LogP contribution in [0.2, 0.25) is 0 Å². The van der Waals surface area contributed by atoms with Crippen LogP contribution in [0.1, 0.15) is 33.1 Å². The van der Waals surface area contributed by atoms with Gasteiger partial charge in [-0.3, -0.25) is 9.35 Å². The standard InChI is InChI=1S/C8H14OS.CHF3O3S/c1-6-4-3-5-8(2,10)7(6)9;2-1(3,4)8(5,6)7/h6,10H,3-5H2,1-2H3;(H,5,6,7). The highest BCUT2D eigenvalue weighted by Crippen LogP contribution is 2.33. The molecule has 0 aromatic rings. The fourth-order valence-corrected chi connectivity index (χ4v) is 1.92. The van der Waals surface area contributed by atoms with Crippen LogP contribution in [0.15, 0.2) is 0 Å². The molecular formula is C9H15F3O4S2. The predicted molar refractivity (Wildman–Crippen MR) is 63.0 cm³/mol. The molecule has 1 aliphatic carbocycles. The first-order chi connectivity index (χ1) is 7.79. The van der Waals surface area contributed by atoms with Crippen LogP contribution in [0.4, 0.5) is 13.2 Å². The SMILES string of the molecule is CC1CCCC(C)(S)C1=O.O=S(=O)(O)C(F)(F)F. The predicted octanol–water partition coefficient (Wildman–Crippen LogP) is 2.46. The lowest BCUT2D eigenvalue weighted by atomic mass is 9.81. The fraction of sp³-hybridized carbons (Fsp3) is 0.889. The summed E-state index contributed by atoms with van der Waals surface area (Å²) in [5.41, 5.74) is -5.53. The van der Waals surface area contributed by atoms with Crippen LogP contribution >= 0.6 is 12.6 Å². The van der Waals surface area contributed by atoms with E-state index in [4.69, 9.17) is 13.0 Å². The first-order valence-corrected chi connectivity index (χ1v) is 6.98. The Bertz CT molecular complexity index is 401. The highest BCUT2D eigenvalue weighted by Gasteiger charge is 2.44. The molecule has 0 amide bonds. The van der Waals surface area contributed by atoms with Gasteiger partial charge in [0.05, 0.1) is 4.75 Å². The molecular weight excluding hydrogens is 293 g/mol. The Hall–Kier alpha value is -0.280. The minimum absolute atomic E-state index is 0.233. The lowest BCUT2D eigenvalue weighted by molar-refractivity contribution is -0.126. The molecule has 108 valence electrons. The Kier molecular flexibility index (Phi) is 5.70. The molecule has 2 unspecified atom stereocenters. The highest BCUT2D eigenvalue weighted by molar-refractivity contribution is 7.86. The molecule has 9 heteroatoms. The van der Waals surface area contributed by atoms with Crippen molar-refractivity contribution < 1.29 is 30.9 Å². The second kappa shape index (κ2) is 5.79. The maximum absolute atomic E-state index is 11.4. The van der Waals surface area contributed by atoms with Gasteiger partial charge in [-0.1, -0.05) is 13.3 Å². The zero-order chi connectivity index (χ0) is 14.8. The molecule has 0 aromatic carbocycles. The number of halogens is 3. The fourth-order valence-electron chi connectivity index (χ4n) is 1.54. The van der Waals surface area contributed by atoms with Crippen molar-refractivity contribution in [2.75, 3.05) is 0 Å². The monoisotopic (exact) mass is 308 g/mol. The Morgan fingerprint density at radius 1 is 1.44 bits per heavy atom. The van der Waals surface area contributed by atoms with E-state index in [1.807, 2.05) is 13.8 Å². The normalized spacial score (nSPS) is 29.5. The van der Waals surface area contributed by atoms with E-state index in [0.717, 1.165) is 19.3 Å². The number of hydrogen-bond acceptors (Lipinski definition) is 4. The van der Waals surface area contributed by atoms with Crippen LogP contribution in [0.5, 0.6) is 0 Å². The average Bonchev–Trinajstić information content (AvgIpc) is 2.11. The number of carbonyl (C=O) groups excluding carboxylic acids is 1. The Balaban J connectivity index is 0.000000331. The Labute approximate surface area is 109 Å². The van der Waals surface area contributed by atoms with E-state index in [-0.39, 0.29) is 10.7 Å². The van der Waals surface area contributed by atoms with Crippen molar-refractivity contribution in [2.24, 2.45) is 5.92 Å². The maximum atomic E-state index is 11.4. The number of ketones is 1. The van der Waals surface area contributed by atoms with Crippen molar-refractivity contribution in [2.45, 2.75) is 43.4 Å². The highest BCUT2D eigenvalue weighted by atomic mass is 32.2. The summed E-state index contributed by atoms with van der Waals surface area (Å²) in [4.78, 5) is 11.4. The van der Waals surface area contributed by atoms with Crippen molar-refractivity contribution >= 4 is 28.5 Å². The zero-order valence-electron chi connectivity index (χ0n) is 9.86. The third-order valence-corrected chi connectivity index (χ3v) is 3.60. The third-order valence-electron chi connectivity index (χ3n) is 2.57. The van der Waals surface area contributed by atoms with Crippen molar-refractivity contribution in [3.05, 3.63) is 0 Å². The molecule has 2 atom stereocenters. The number of hydrogen-bond donors (Lipinski definition) is 2. The second-order valence-electron chi connectivity index (χ2n) is 4.35. The van der Waals surface area contributed by atoms with E-state index in [1.165, 1.54) is 0 Å². The van der Waals surface area contributed by atoms with Gasteiger partial charge in [0.15, 0.2) is 5.78 Å². The summed E-state index contributed by atoms with van der Waals surface area (Å²) < 4.78 is 57.2. The molecule has 0 aliphatic heterocycles. The van der Waals surface area contributed by atoms with Gasteiger partial charge >= 0.3 is 15.6 Å². The van der Waals surface area contributed by atoms with E-state index in [1.54, 1.807) is 0 Å². The van der Waals surface area contributed by atoms with Gasteiger partial charge in [0, 0.05) is 5.92 Å². The molecule has 1 saturated carbocycles. The molecule has 18 heavy (non-hydrogen) atoms. The number of thiol groups is 1. The number of carbonyl (C=O) groups is 1.